The lowest BCUT2D eigenvalue weighted by molar-refractivity contribution is 0.327. The van der Waals surface area contributed by atoms with Crippen LogP contribution in [0, 0.1) is 5.82 Å². The average molecular weight is 290 g/mol. The monoisotopic (exact) mass is 290 g/mol. The molecule has 0 radical (unpaired) electrons. The van der Waals surface area contributed by atoms with E-state index >= 15 is 0 Å². The number of halogens is 1. The molecule has 0 spiro atoms. The maximum atomic E-state index is 14.0. The van der Waals surface area contributed by atoms with Gasteiger partial charge in [0.05, 0.1) is 37.2 Å². The van der Waals surface area contributed by atoms with E-state index in [-0.39, 0.29) is 11.9 Å². The lowest BCUT2D eigenvalue weighted by Crippen LogP contribution is -2.10. The van der Waals surface area contributed by atoms with Gasteiger partial charge in [0.15, 0.2) is 0 Å². The van der Waals surface area contributed by atoms with Gasteiger partial charge in [-0.2, -0.15) is 0 Å². The summed E-state index contributed by atoms with van der Waals surface area (Å²) in [6.45, 7) is 4.35. The van der Waals surface area contributed by atoms with Gasteiger partial charge in [0.1, 0.15) is 11.6 Å². The van der Waals surface area contributed by atoms with Gasteiger partial charge in [0.25, 0.3) is 0 Å². The van der Waals surface area contributed by atoms with E-state index in [0.717, 1.165) is 5.69 Å². The van der Waals surface area contributed by atoms with Gasteiger partial charge >= 0.3 is 0 Å². The molecule has 0 bridgehead atoms. The molecule has 1 N–H and O–H groups in total. The minimum absolute atomic E-state index is 0.249. The minimum atomic E-state index is -0.298. The quantitative estimate of drug-likeness (QED) is 0.878. The summed E-state index contributed by atoms with van der Waals surface area (Å²) < 4.78 is 24.5. The number of benzene rings is 1. The topological polar surface area (TPSA) is 43.4 Å². The second-order valence-corrected chi connectivity index (χ2v) is 4.54. The van der Waals surface area contributed by atoms with E-state index in [9.17, 15) is 4.39 Å². The molecule has 4 nitrogen and oxygen atoms in total. The number of rotatable bonds is 6. The Kier molecular flexibility index (Phi) is 4.98. The van der Waals surface area contributed by atoms with E-state index < -0.39 is 0 Å². The molecular formula is C16H19FN2O2. The highest BCUT2D eigenvalue weighted by Gasteiger charge is 2.16. The van der Waals surface area contributed by atoms with Crippen molar-refractivity contribution in [3.05, 3.63) is 47.9 Å². The molecule has 2 aromatic rings. The minimum Gasteiger partial charge on any atom is -0.496 e. The molecule has 0 aliphatic rings. The fourth-order valence-corrected chi connectivity index (χ4v) is 2.14. The lowest BCUT2D eigenvalue weighted by atomic mass is 10.1. The Bertz CT molecular complexity index is 587. The SMILES string of the molecule is CCOc1ccc(NC(C)c2c(F)cccc2OC)cn1. The summed E-state index contributed by atoms with van der Waals surface area (Å²) in [4.78, 5) is 4.17. The van der Waals surface area contributed by atoms with Crippen LogP contribution in [0.15, 0.2) is 36.5 Å². The van der Waals surface area contributed by atoms with Crippen molar-refractivity contribution in [3.63, 3.8) is 0 Å². The molecule has 0 fully saturated rings. The van der Waals surface area contributed by atoms with Crippen LogP contribution >= 0.6 is 0 Å². The third kappa shape index (κ3) is 3.62. The van der Waals surface area contributed by atoms with Crippen molar-refractivity contribution in [2.75, 3.05) is 19.0 Å². The predicted octanol–water partition coefficient (Wildman–Crippen LogP) is 3.80. The van der Waals surface area contributed by atoms with Crippen LogP contribution in [0.3, 0.4) is 0 Å². The molecule has 112 valence electrons. The first-order chi connectivity index (χ1) is 10.2. The summed E-state index contributed by atoms with van der Waals surface area (Å²) in [6.07, 6.45) is 1.66. The summed E-state index contributed by atoms with van der Waals surface area (Å²) in [5.41, 5.74) is 1.28. The first-order valence-electron chi connectivity index (χ1n) is 6.83. The maximum absolute atomic E-state index is 14.0. The highest BCUT2D eigenvalue weighted by Crippen LogP contribution is 2.30. The fraction of sp³-hybridized carbons (Fsp3) is 0.312. The number of hydrogen-bond acceptors (Lipinski definition) is 4. The normalized spacial score (nSPS) is 11.8. The smallest absolute Gasteiger partial charge is 0.213 e. The number of nitrogens with zero attached hydrogens (tertiary/aromatic N) is 1. The van der Waals surface area contributed by atoms with Gasteiger partial charge in [0.2, 0.25) is 5.88 Å². The molecule has 21 heavy (non-hydrogen) atoms. The van der Waals surface area contributed by atoms with Crippen LogP contribution in [0.25, 0.3) is 0 Å². The lowest BCUT2D eigenvalue weighted by Gasteiger charge is -2.19. The van der Waals surface area contributed by atoms with Crippen molar-refractivity contribution in [3.8, 4) is 11.6 Å². The van der Waals surface area contributed by atoms with E-state index in [1.165, 1.54) is 13.2 Å². The molecule has 0 saturated heterocycles. The molecule has 2 rings (SSSR count). The summed E-state index contributed by atoms with van der Waals surface area (Å²) in [5, 5.41) is 3.20. The van der Waals surface area contributed by atoms with E-state index in [1.54, 1.807) is 24.4 Å². The van der Waals surface area contributed by atoms with E-state index in [2.05, 4.69) is 10.3 Å². The Morgan fingerprint density at radius 2 is 2.10 bits per heavy atom. The molecule has 0 saturated carbocycles. The van der Waals surface area contributed by atoms with Crippen LogP contribution < -0.4 is 14.8 Å². The van der Waals surface area contributed by atoms with E-state index in [1.807, 2.05) is 19.9 Å². The Hall–Kier alpha value is -2.30. The highest BCUT2D eigenvalue weighted by molar-refractivity contribution is 5.47. The van der Waals surface area contributed by atoms with Crippen LogP contribution in [0.5, 0.6) is 11.6 Å². The number of methoxy groups -OCH3 is 1. The summed E-state index contributed by atoms with van der Waals surface area (Å²) in [7, 11) is 1.53. The van der Waals surface area contributed by atoms with Gasteiger partial charge in [-0.15, -0.1) is 0 Å². The number of nitrogens with one attached hydrogen (secondary N) is 1. The molecule has 0 aliphatic carbocycles. The summed E-state index contributed by atoms with van der Waals surface area (Å²) >= 11 is 0. The van der Waals surface area contributed by atoms with Gasteiger partial charge in [0, 0.05) is 6.07 Å². The molecule has 1 atom stereocenters. The van der Waals surface area contributed by atoms with Crippen molar-refractivity contribution in [1.29, 1.82) is 0 Å². The second kappa shape index (κ2) is 6.92. The highest BCUT2D eigenvalue weighted by atomic mass is 19.1. The Morgan fingerprint density at radius 3 is 2.71 bits per heavy atom. The first kappa shape index (κ1) is 15.1. The van der Waals surface area contributed by atoms with Gasteiger partial charge in [-0.25, -0.2) is 9.37 Å². The first-order valence-corrected chi connectivity index (χ1v) is 6.83. The zero-order valence-electron chi connectivity index (χ0n) is 12.4. The van der Waals surface area contributed by atoms with Crippen molar-refractivity contribution >= 4 is 5.69 Å². The van der Waals surface area contributed by atoms with Crippen LogP contribution in [-0.4, -0.2) is 18.7 Å². The van der Waals surface area contributed by atoms with Crippen molar-refractivity contribution < 1.29 is 13.9 Å². The van der Waals surface area contributed by atoms with Gasteiger partial charge in [-0.1, -0.05) is 6.07 Å². The molecular weight excluding hydrogens is 271 g/mol. The average Bonchev–Trinajstić information content (AvgIpc) is 2.49. The fourth-order valence-electron chi connectivity index (χ4n) is 2.14. The molecule has 1 aromatic carbocycles. The number of ether oxygens (including phenoxy) is 2. The summed E-state index contributed by atoms with van der Waals surface area (Å²) in [5.74, 6) is 0.793. The number of hydrogen-bond donors (Lipinski definition) is 1. The standard InChI is InChI=1S/C16H19FN2O2/c1-4-21-15-9-8-12(10-18-15)19-11(2)16-13(17)6-5-7-14(16)20-3/h5-11,19H,4H2,1-3H3. The third-order valence-corrected chi connectivity index (χ3v) is 3.08. The Labute approximate surface area is 123 Å². The zero-order chi connectivity index (χ0) is 15.2. The van der Waals surface area contributed by atoms with Crippen LogP contribution in [0.1, 0.15) is 25.5 Å². The third-order valence-electron chi connectivity index (χ3n) is 3.08. The molecule has 1 unspecified atom stereocenters. The van der Waals surface area contributed by atoms with Crippen molar-refractivity contribution in [2.45, 2.75) is 19.9 Å². The van der Waals surface area contributed by atoms with Crippen LogP contribution in [-0.2, 0) is 0 Å². The molecule has 1 aromatic heterocycles. The van der Waals surface area contributed by atoms with Gasteiger partial charge < -0.3 is 14.8 Å². The maximum Gasteiger partial charge on any atom is 0.213 e. The number of anilines is 1. The molecule has 1 heterocycles. The summed E-state index contributed by atoms with van der Waals surface area (Å²) in [6, 6.07) is 8.17. The Morgan fingerprint density at radius 1 is 1.29 bits per heavy atom. The molecule has 5 heteroatoms. The van der Waals surface area contributed by atoms with Crippen LogP contribution in [0.4, 0.5) is 10.1 Å². The van der Waals surface area contributed by atoms with Crippen molar-refractivity contribution in [1.82, 2.24) is 4.98 Å². The Balaban J connectivity index is 2.16. The predicted molar refractivity (Wildman–Crippen MR) is 80.4 cm³/mol. The van der Waals surface area contributed by atoms with Crippen LogP contribution in [0.2, 0.25) is 0 Å². The number of pyridine rings is 1. The van der Waals surface area contributed by atoms with Crippen molar-refractivity contribution in [2.24, 2.45) is 0 Å². The van der Waals surface area contributed by atoms with Gasteiger partial charge in [-0.05, 0) is 32.0 Å². The largest absolute Gasteiger partial charge is 0.496 e. The second-order valence-electron chi connectivity index (χ2n) is 4.54. The molecule has 0 aliphatic heterocycles. The zero-order valence-corrected chi connectivity index (χ0v) is 12.4. The van der Waals surface area contributed by atoms with E-state index in [0.29, 0.717) is 23.8 Å². The molecule has 0 amide bonds. The number of aromatic nitrogens is 1. The van der Waals surface area contributed by atoms with Gasteiger partial charge in [-0.3, -0.25) is 0 Å². The van der Waals surface area contributed by atoms with E-state index in [4.69, 9.17) is 9.47 Å².